The lowest BCUT2D eigenvalue weighted by Crippen LogP contribution is -2.34. The molecule has 20 heavy (non-hydrogen) atoms. The largest absolute Gasteiger partial charge is 0.396 e. The van der Waals surface area contributed by atoms with E-state index in [4.69, 9.17) is 10.5 Å². The molecule has 0 aliphatic heterocycles. The summed E-state index contributed by atoms with van der Waals surface area (Å²) in [5, 5.41) is 11.8. The van der Waals surface area contributed by atoms with Gasteiger partial charge in [0.1, 0.15) is 5.82 Å². The first kappa shape index (κ1) is 13.0. The third-order valence-corrected chi connectivity index (χ3v) is 3.57. The molecule has 0 bridgehead atoms. The van der Waals surface area contributed by atoms with E-state index in [1.54, 1.807) is 16.8 Å². The first-order chi connectivity index (χ1) is 9.69. The number of hydrogen-bond donors (Lipinski definition) is 1. The number of nitrogen functional groups attached to an aromatic ring is 1. The van der Waals surface area contributed by atoms with Crippen molar-refractivity contribution >= 4 is 5.69 Å². The summed E-state index contributed by atoms with van der Waals surface area (Å²) in [7, 11) is 0. The van der Waals surface area contributed by atoms with Gasteiger partial charge in [-0.05, 0) is 48.4 Å². The molecule has 106 valence electrons. The van der Waals surface area contributed by atoms with E-state index in [0.717, 1.165) is 12.8 Å². The molecule has 0 unspecified atom stereocenters. The summed E-state index contributed by atoms with van der Waals surface area (Å²) < 4.78 is 20.5. The van der Waals surface area contributed by atoms with E-state index in [-0.39, 0.29) is 17.8 Å². The van der Waals surface area contributed by atoms with Gasteiger partial charge in [0.25, 0.3) is 0 Å². The highest BCUT2D eigenvalue weighted by molar-refractivity contribution is 5.61. The number of benzene rings is 1. The van der Waals surface area contributed by atoms with Gasteiger partial charge in [0.05, 0.1) is 17.8 Å². The van der Waals surface area contributed by atoms with Crippen LogP contribution >= 0.6 is 0 Å². The first-order valence-electron chi connectivity index (χ1n) is 6.64. The van der Waals surface area contributed by atoms with Crippen molar-refractivity contribution in [2.75, 3.05) is 12.3 Å². The Morgan fingerprint density at radius 1 is 1.45 bits per heavy atom. The van der Waals surface area contributed by atoms with E-state index in [1.807, 2.05) is 6.92 Å². The third kappa shape index (κ3) is 2.24. The lowest BCUT2D eigenvalue weighted by atomic mass is 9.89. The molecular formula is C13H16FN5O. The van der Waals surface area contributed by atoms with Crippen molar-refractivity contribution in [2.45, 2.75) is 31.9 Å². The van der Waals surface area contributed by atoms with E-state index >= 15 is 0 Å². The van der Waals surface area contributed by atoms with Crippen LogP contribution in [0.15, 0.2) is 18.2 Å². The number of tetrazole rings is 1. The predicted molar refractivity (Wildman–Crippen MR) is 71.3 cm³/mol. The molecule has 1 aliphatic carbocycles. The molecule has 1 heterocycles. The Morgan fingerprint density at radius 2 is 2.25 bits per heavy atom. The van der Waals surface area contributed by atoms with Gasteiger partial charge in [-0.3, -0.25) is 0 Å². The van der Waals surface area contributed by atoms with Gasteiger partial charge in [0.15, 0.2) is 5.82 Å². The second-order valence-electron chi connectivity index (χ2n) is 4.89. The maximum Gasteiger partial charge on any atom is 0.182 e. The van der Waals surface area contributed by atoms with Gasteiger partial charge in [-0.2, -0.15) is 0 Å². The van der Waals surface area contributed by atoms with Gasteiger partial charge in [0.2, 0.25) is 0 Å². The molecule has 1 aromatic carbocycles. The van der Waals surface area contributed by atoms with Crippen LogP contribution in [0.25, 0.3) is 11.4 Å². The van der Waals surface area contributed by atoms with Gasteiger partial charge in [-0.25, -0.2) is 9.07 Å². The van der Waals surface area contributed by atoms with Crippen LogP contribution in [-0.4, -0.2) is 32.9 Å². The Hall–Kier alpha value is -2.02. The molecule has 3 rings (SSSR count). The van der Waals surface area contributed by atoms with Crippen LogP contribution in [0.3, 0.4) is 0 Å². The van der Waals surface area contributed by atoms with Crippen LogP contribution in [0.5, 0.6) is 0 Å². The summed E-state index contributed by atoms with van der Waals surface area (Å²) in [6.45, 7) is 2.70. The van der Waals surface area contributed by atoms with Crippen molar-refractivity contribution < 1.29 is 9.13 Å². The van der Waals surface area contributed by atoms with Crippen LogP contribution < -0.4 is 5.73 Å². The summed E-state index contributed by atoms with van der Waals surface area (Å²) in [6.07, 6.45) is 2.06. The summed E-state index contributed by atoms with van der Waals surface area (Å²) in [5.41, 5.74) is 6.40. The number of ether oxygens (including phenoxy) is 1. The molecule has 0 radical (unpaired) electrons. The van der Waals surface area contributed by atoms with Crippen molar-refractivity contribution in [3.05, 3.63) is 24.0 Å². The monoisotopic (exact) mass is 277 g/mol. The van der Waals surface area contributed by atoms with Crippen LogP contribution in [0.1, 0.15) is 25.8 Å². The summed E-state index contributed by atoms with van der Waals surface area (Å²) >= 11 is 0. The normalized spacial score (nSPS) is 21.7. The van der Waals surface area contributed by atoms with Crippen LogP contribution in [0.4, 0.5) is 10.1 Å². The Morgan fingerprint density at radius 3 is 2.95 bits per heavy atom. The minimum atomic E-state index is -0.437. The summed E-state index contributed by atoms with van der Waals surface area (Å²) in [6, 6.07) is 4.74. The molecule has 0 atom stereocenters. The van der Waals surface area contributed by atoms with E-state index in [1.165, 1.54) is 6.07 Å². The van der Waals surface area contributed by atoms with E-state index in [0.29, 0.717) is 18.0 Å². The number of aromatic nitrogens is 4. The highest BCUT2D eigenvalue weighted by Crippen LogP contribution is 2.36. The zero-order valence-corrected chi connectivity index (χ0v) is 11.2. The minimum Gasteiger partial charge on any atom is -0.396 e. The summed E-state index contributed by atoms with van der Waals surface area (Å²) in [4.78, 5) is 0. The SMILES string of the molecule is CCOC1CC(n2nnnc2-c2ccc(F)c(N)c2)C1. The molecule has 0 amide bonds. The smallest absolute Gasteiger partial charge is 0.182 e. The highest BCUT2D eigenvalue weighted by atomic mass is 19.1. The average Bonchev–Trinajstić information content (AvgIpc) is 2.85. The molecule has 2 N–H and O–H groups in total. The Balaban J connectivity index is 1.82. The molecule has 1 saturated carbocycles. The van der Waals surface area contributed by atoms with Gasteiger partial charge >= 0.3 is 0 Å². The number of nitrogens with two attached hydrogens (primary N) is 1. The second-order valence-corrected chi connectivity index (χ2v) is 4.89. The molecule has 0 spiro atoms. The number of rotatable bonds is 4. The molecular weight excluding hydrogens is 261 g/mol. The number of nitrogens with zero attached hydrogens (tertiary/aromatic N) is 4. The molecule has 0 saturated heterocycles. The van der Waals surface area contributed by atoms with E-state index in [2.05, 4.69) is 15.5 Å². The zero-order chi connectivity index (χ0) is 14.1. The fourth-order valence-corrected chi connectivity index (χ4v) is 2.42. The third-order valence-electron chi connectivity index (χ3n) is 3.57. The lowest BCUT2D eigenvalue weighted by Gasteiger charge is -2.34. The quantitative estimate of drug-likeness (QED) is 0.862. The number of hydrogen-bond acceptors (Lipinski definition) is 5. The predicted octanol–water partition coefficient (Wildman–Crippen LogP) is 1.80. The Labute approximate surface area is 115 Å². The topological polar surface area (TPSA) is 78.8 Å². The highest BCUT2D eigenvalue weighted by Gasteiger charge is 2.33. The maximum atomic E-state index is 13.2. The molecule has 1 aliphatic rings. The van der Waals surface area contributed by atoms with Crippen LogP contribution in [0.2, 0.25) is 0 Å². The van der Waals surface area contributed by atoms with E-state index in [9.17, 15) is 4.39 Å². The molecule has 1 fully saturated rings. The Bertz CT molecular complexity index is 609. The van der Waals surface area contributed by atoms with Crippen LogP contribution in [-0.2, 0) is 4.74 Å². The number of halogens is 1. The van der Waals surface area contributed by atoms with Crippen LogP contribution in [0, 0.1) is 5.82 Å². The minimum absolute atomic E-state index is 0.0952. The zero-order valence-electron chi connectivity index (χ0n) is 11.2. The first-order valence-corrected chi connectivity index (χ1v) is 6.64. The molecule has 6 nitrogen and oxygen atoms in total. The molecule has 1 aromatic heterocycles. The molecule has 2 aromatic rings. The second kappa shape index (κ2) is 5.16. The lowest BCUT2D eigenvalue weighted by molar-refractivity contribution is -0.0227. The van der Waals surface area contributed by atoms with Gasteiger partial charge in [-0.1, -0.05) is 0 Å². The summed E-state index contributed by atoms with van der Waals surface area (Å²) in [5.74, 6) is 0.171. The van der Waals surface area contributed by atoms with Crippen molar-refractivity contribution in [1.29, 1.82) is 0 Å². The van der Waals surface area contributed by atoms with Crippen molar-refractivity contribution in [1.82, 2.24) is 20.2 Å². The van der Waals surface area contributed by atoms with Crippen molar-refractivity contribution in [2.24, 2.45) is 0 Å². The fourth-order valence-electron chi connectivity index (χ4n) is 2.42. The Kier molecular flexibility index (Phi) is 3.35. The molecule has 7 heteroatoms. The van der Waals surface area contributed by atoms with Crippen molar-refractivity contribution in [3.8, 4) is 11.4 Å². The van der Waals surface area contributed by atoms with Crippen molar-refractivity contribution in [3.63, 3.8) is 0 Å². The van der Waals surface area contributed by atoms with Gasteiger partial charge in [0, 0.05) is 12.2 Å². The number of anilines is 1. The standard InChI is InChI=1S/C13H16FN5O/c1-2-20-10-6-9(7-10)19-13(16-17-18-19)8-3-4-11(14)12(15)5-8/h3-5,9-10H,2,6-7,15H2,1H3. The van der Waals surface area contributed by atoms with Gasteiger partial charge < -0.3 is 10.5 Å². The van der Waals surface area contributed by atoms with Gasteiger partial charge in [-0.15, -0.1) is 5.10 Å². The fraction of sp³-hybridized carbons (Fsp3) is 0.462. The average molecular weight is 277 g/mol. The van der Waals surface area contributed by atoms with E-state index < -0.39 is 5.82 Å². The maximum absolute atomic E-state index is 13.2.